The molecule has 2 atom stereocenters. The van der Waals surface area contributed by atoms with Crippen molar-refractivity contribution in [2.45, 2.75) is 37.0 Å². The molecule has 0 radical (unpaired) electrons. The van der Waals surface area contributed by atoms with E-state index in [9.17, 15) is 0 Å². The predicted molar refractivity (Wildman–Crippen MR) is 101 cm³/mol. The molecule has 0 spiro atoms. The lowest BCUT2D eigenvalue weighted by molar-refractivity contribution is 0.414. The number of hydrogen-bond acceptors (Lipinski definition) is 3. The lowest BCUT2D eigenvalue weighted by Crippen LogP contribution is -2.43. The molecule has 1 aromatic rings. The Morgan fingerprint density at radius 2 is 2.26 bits per heavy atom. The molecule has 0 amide bonds. The highest BCUT2D eigenvalue weighted by Gasteiger charge is 2.24. The van der Waals surface area contributed by atoms with Crippen LogP contribution in [0.15, 0.2) is 23.2 Å². The zero-order valence-electron chi connectivity index (χ0n) is 14.1. The van der Waals surface area contributed by atoms with E-state index < -0.39 is 0 Å². The van der Waals surface area contributed by atoms with E-state index in [0.29, 0.717) is 6.04 Å². The summed E-state index contributed by atoms with van der Waals surface area (Å²) >= 11 is 8.24. The van der Waals surface area contributed by atoms with Crippen molar-refractivity contribution < 1.29 is 4.74 Å². The number of rotatable bonds is 6. The molecule has 2 rings (SSSR count). The van der Waals surface area contributed by atoms with Crippen molar-refractivity contribution in [3.8, 4) is 5.75 Å². The average Bonchev–Trinajstić information content (AvgIpc) is 3.02. The van der Waals surface area contributed by atoms with Crippen molar-refractivity contribution in [2.24, 2.45) is 4.99 Å². The second-order valence-corrected chi connectivity index (χ2v) is 7.26. The summed E-state index contributed by atoms with van der Waals surface area (Å²) in [6.07, 6.45) is 6.76. The monoisotopic (exact) mass is 355 g/mol. The number of halogens is 1. The number of aliphatic imine (C=N–C) groups is 1. The number of hydrogen-bond donors (Lipinski definition) is 2. The molecule has 0 heterocycles. The lowest BCUT2D eigenvalue weighted by atomic mass is 10.1. The van der Waals surface area contributed by atoms with E-state index in [2.05, 4.69) is 21.9 Å². The number of guanidine groups is 1. The van der Waals surface area contributed by atoms with Crippen LogP contribution in [0.2, 0.25) is 5.02 Å². The molecule has 23 heavy (non-hydrogen) atoms. The minimum atomic E-state index is 0.531. The zero-order chi connectivity index (χ0) is 16.7. The van der Waals surface area contributed by atoms with Crippen molar-refractivity contribution in [3.63, 3.8) is 0 Å². The largest absolute Gasteiger partial charge is 0.497 e. The van der Waals surface area contributed by atoms with Gasteiger partial charge < -0.3 is 15.4 Å². The van der Waals surface area contributed by atoms with E-state index in [1.54, 1.807) is 7.11 Å². The lowest BCUT2D eigenvalue weighted by Gasteiger charge is -2.17. The number of methoxy groups -OCH3 is 1. The minimum absolute atomic E-state index is 0.531. The summed E-state index contributed by atoms with van der Waals surface area (Å²) in [5.74, 6) is 1.66. The summed E-state index contributed by atoms with van der Waals surface area (Å²) in [6.45, 7) is 0.796. The van der Waals surface area contributed by atoms with Crippen LogP contribution in [0.4, 0.5) is 0 Å². The fourth-order valence-corrected chi connectivity index (χ4v) is 3.91. The maximum absolute atomic E-state index is 6.27. The Labute approximate surface area is 148 Å². The van der Waals surface area contributed by atoms with Gasteiger partial charge in [0.25, 0.3) is 0 Å². The first-order chi connectivity index (χ1) is 11.2. The van der Waals surface area contributed by atoms with E-state index >= 15 is 0 Å². The molecule has 0 bridgehead atoms. The summed E-state index contributed by atoms with van der Waals surface area (Å²) in [6, 6.07) is 6.34. The van der Waals surface area contributed by atoms with Gasteiger partial charge in [0, 0.05) is 29.9 Å². The molecule has 1 aromatic carbocycles. The van der Waals surface area contributed by atoms with E-state index in [4.69, 9.17) is 16.3 Å². The number of nitrogens with zero attached hydrogens (tertiary/aromatic N) is 1. The summed E-state index contributed by atoms with van der Waals surface area (Å²) in [4.78, 5) is 4.32. The SMILES string of the molecule is CN=C(NCCc1ccc(OC)cc1Cl)NC1CCC(SC)C1. The summed E-state index contributed by atoms with van der Waals surface area (Å²) in [7, 11) is 3.46. The van der Waals surface area contributed by atoms with Gasteiger partial charge in [-0.25, -0.2) is 0 Å². The van der Waals surface area contributed by atoms with Crippen LogP contribution in [0.5, 0.6) is 5.75 Å². The highest BCUT2D eigenvalue weighted by atomic mass is 35.5. The molecular formula is C17H26ClN3OS. The van der Waals surface area contributed by atoms with Crippen molar-refractivity contribution in [1.82, 2.24) is 10.6 Å². The number of nitrogens with one attached hydrogen (secondary N) is 2. The molecule has 6 heteroatoms. The molecule has 1 aliphatic rings. The highest BCUT2D eigenvalue weighted by molar-refractivity contribution is 7.99. The molecule has 1 fully saturated rings. The Hall–Kier alpha value is -1.07. The molecule has 0 aliphatic heterocycles. The third-order valence-corrected chi connectivity index (χ3v) is 5.68. The van der Waals surface area contributed by atoms with Crippen molar-refractivity contribution >= 4 is 29.3 Å². The normalized spacial score (nSPS) is 21.3. The van der Waals surface area contributed by atoms with Crippen molar-refractivity contribution in [3.05, 3.63) is 28.8 Å². The third kappa shape index (κ3) is 5.50. The second kappa shape index (κ2) is 9.28. The van der Waals surface area contributed by atoms with Gasteiger partial charge in [-0.3, -0.25) is 4.99 Å². The van der Waals surface area contributed by atoms with Gasteiger partial charge in [0.1, 0.15) is 5.75 Å². The predicted octanol–water partition coefficient (Wildman–Crippen LogP) is 3.34. The Balaban J connectivity index is 1.78. The van der Waals surface area contributed by atoms with Gasteiger partial charge in [-0.05, 0) is 49.6 Å². The van der Waals surface area contributed by atoms with Gasteiger partial charge >= 0.3 is 0 Å². The summed E-state index contributed by atoms with van der Waals surface area (Å²) in [5, 5.41) is 8.42. The number of ether oxygens (including phenoxy) is 1. The van der Waals surface area contributed by atoms with E-state index in [0.717, 1.165) is 40.5 Å². The molecule has 0 aromatic heterocycles. The van der Waals surface area contributed by atoms with Crippen LogP contribution in [0.3, 0.4) is 0 Å². The van der Waals surface area contributed by atoms with Gasteiger partial charge in [0.05, 0.1) is 7.11 Å². The first kappa shape index (κ1) is 18.3. The van der Waals surface area contributed by atoms with Gasteiger partial charge in [-0.1, -0.05) is 17.7 Å². The third-order valence-electron chi connectivity index (χ3n) is 4.23. The molecular weight excluding hydrogens is 330 g/mol. The van der Waals surface area contributed by atoms with Crippen molar-refractivity contribution in [1.29, 1.82) is 0 Å². The number of thioether (sulfide) groups is 1. The van der Waals surface area contributed by atoms with Crippen LogP contribution < -0.4 is 15.4 Å². The summed E-state index contributed by atoms with van der Waals surface area (Å²) in [5.41, 5.74) is 1.11. The van der Waals surface area contributed by atoms with Crippen molar-refractivity contribution in [2.75, 3.05) is 27.0 Å². The van der Waals surface area contributed by atoms with E-state index in [-0.39, 0.29) is 0 Å². The molecule has 4 nitrogen and oxygen atoms in total. The van der Waals surface area contributed by atoms with Gasteiger partial charge in [0.2, 0.25) is 0 Å². The first-order valence-electron chi connectivity index (χ1n) is 7.98. The number of benzene rings is 1. The van der Waals surface area contributed by atoms with Crippen LogP contribution >= 0.6 is 23.4 Å². The second-order valence-electron chi connectivity index (χ2n) is 5.72. The molecule has 1 saturated carbocycles. The smallest absolute Gasteiger partial charge is 0.191 e. The highest BCUT2D eigenvalue weighted by Crippen LogP contribution is 2.28. The van der Waals surface area contributed by atoms with Gasteiger partial charge in [-0.2, -0.15) is 11.8 Å². The van der Waals surface area contributed by atoms with Crippen LogP contribution in [0.1, 0.15) is 24.8 Å². The Morgan fingerprint density at radius 3 is 2.87 bits per heavy atom. The molecule has 2 unspecified atom stereocenters. The zero-order valence-corrected chi connectivity index (χ0v) is 15.6. The first-order valence-corrected chi connectivity index (χ1v) is 9.65. The molecule has 0 saturated heterocycles. The Morgan fingerprint density at radius 1 is 1.43 bits per heavy atom. The maximum atomic E-state index is 6.27. The van der Waals surface area contributed by atoms with Gasteiger partial charge in [-0.15, -0.1) is 0 Å². The van der Waals surface area contributed by atoms with Crippen LogP contribution in [0, 0.1) is 0 Å². The van der Waals surface area contributed by atoms with Crippen LogP contribution in [-0.4, -0.2) is 44.2 Å². The fraction of sp³-hybridized carbons (Fsp3) is 0.588. The van der Waals surface area contributed by atoms with Crippen LogP contribution in [0.25, 0.3) is 0 Å². The topological polar surface area (TPSA) is 45.7 Å². The standard InChI is InChI=1S/C17H26ClN3OS/c1-19-17(21-13-5-7-15(10-13)23-3)20-9-8-12-4-6-14(22-2)11-16(12)18/h4,6,11,13,15H,5,7-10H2,1-3H3,(H2,19,20,21). The molecule has 128 valence electrons. The minimum Gasteiger partial charge on any atom is -0.497 e. The quantitative estimate of drug-likeness (QED) is 0.607. The van der Waals surface area contributed by atoms with Crippen LogP contribution in [-0.2, 0) is 6.42 Å². The molecule has 1 aliphatic carbocycles. The maximum Gasteiger partial charge on any atom is 0.191 e. The average molecular weight is 356 g/mol. The summed E-state index contributed by atoms with van der Waals surface area (Å²) < 4.78 is 5.17. The molecule has 2 N–H and O–H groups in total. The van der Waals surface area contributed by atoms with E-state index in [1.807, 2.05) is 37.0 Å². The fourth-order valence-electron chi connectivity index (χ4n) is 2.85. The van der Waals surface area contributed by atoms with Gasteiger partial charge in [0.15, 0.2) is 5.96 Å². The Bertz CT molecular complexity index is 539. The van der Waals surface area contributed by atoms with E-state index in [1.165, 1.54) is 19.3 Å². The Kier molecular flexibility index (Phi) is 7.37.